The predicted molar refractivity (Wildman–Crippen MR) is 160 cm³/mol. The zero-order valence-corrected chi connectivity index (χ0v) is 33.0. The summed E-state index contributed by atoms with van der Waals surface area (Å²) >= 11 is 0. The number of esters is 1. The Bertz CT molecular complexity index is 1470. The Hall–Kier alpha value is -0.960. The molecule has 6 rings (SSSR count). The van der Waals surface area contributed by atoms with Crippen LogP contribution in [0.4, 0.5) is 0 Å². The Morgan fingerprint density at radius 2 is 1.41 bits per heavy atom. The van der Waals surface area contributed by atoms with Gasteiger partial charge in [-0.2, -0.15) is 0 Å². The minimum Gasteiger partial charge on any atom is -0.550 e. The van der Waals surface area contributed by atoms with E-state index in [1.165, 1.54) is 17.7 Å². The Kier molecular flexibility index (Phi) is 10.5. The van der Waals surface area contributed by atoms with Crippen molar-refractivity contribution in [2.75, 3.05) is 0 Å². The topological polar surface area (TPSA) is 124 Å². The van der Waals surface area contributed by atoms with Crippen LogP contribution in [0.15, 0.2) is 35.9 Å². The van der Waals surface area contributed by atoms with E-state index in [9.17, 15) is 29.4 Å². The standard InChI is InChI=1S/C37H48O7.2Na/c1-33(2)27-12-15-36(5)24-11-14-34(3)17-18-35(4,32(42)43)20-25(34)23(24)19-26(38)29(36)37(27,6)16-13-28(33)44-31(41)22-10-8-7-9-21(22)30(39)40;;/h7-10,19,24-25,27-29H,11-18,20H2,1-6H3,(H,39,40)(H,42,43);;/q;2*+1/p-2/t24?,25?,27?,28-,29?,34?,35?,36-,37-;;/m0../s1. The van der Waals surface area contributed by atoms with E-state index in [0.717, 1.165) is 38.5 Å². The van der Waals surface area contributed by atoms with Gasteiger partial charge in [0.25, 0.3) is 0 Å². The van der Waals surface area contributed by atoms with E-state index in [-0.39, 0.29) is 116 Å². The van der Waals surface area contributed by atoms with Crippen LogP contribution >= 0.6 is 0 Å². The third kappa shape index (κ3) is 5.65. The first-order valence-electron chi connectivity index (χ1n) is 16.5. The Morgan fingerprint density at radius 1 is 0.783 bits per heavy atom. The fourth-order valence-corrected chi connectivity index (χ4v) is 11.3. The summed E-state index contributed by atoms with van der Waals surface area (Å²) in [5.74, 6) is -2.62. The van der Waals surface area contributed by atoms with Crippen LogP contribution in [0.25, 0.3) is 0 Å². The van der Waals surface area contributed by atoms with Gasteiger partial charge in [-0.1, -0.05) is 65.3 Å². The maximum Gasteiger partial charge on any atom is 1.00 e. The van der Waals surface area contributed by atoms with Crippen molar-refractivity contribution in [2.45, 2.75) is 105 Å². The molecule has 0 aromatic heterocycles. The number of ketones is 1. The van der Waals surface area contributed by atoms with Crippen molar-refractivity contribution in [3.63, 3.8) is 0 Å². The van der Waals surface area contributed by atoms with E-state index in [0.29, 0.717) is 19.3 Å². The molecule has 4 saturated carbocycles. The number of hydrogen-bond donors (Lipinski definition) is 0. The molecule has 0 radical (unpaired) electrons. The summed E-state index contributed by atoms with van der Waals surface area (Å²) in [4.78, 5) is 51.5. The van der Waals surface area contributed by atoms with Crippen LogP contribution in [0.5, 0.6) is 0 Å². The molecular weight excluding hydrogens is 602 g/mol. The van der Waals surface area contributed by atoms with Crippen LogP contribution in [0.1, 0.15) is 120 Å². The molecule has 9 atom stereocenters. The van der Waals surface area contributed by atoms with Crippen molar-refractivity contribution in [1.29, 1.82) is 0 Å². The molecule has 5 aliphatic carbocycles. The van der Waals surface area contributed by atoms with Crippen molar-refractivity contribution in [1.82, 2.24) is 0 Å². The number of carboxylic acids is 2. The van der Waals surface area contributed by atoms with E-state index >= 15 is 0 Å². The van der Waals surface area contributed by atoms with E-state index in [1.54, 1.807) is 12.1 Å². The first-order chi connectivity index (χ1) is 20.5. The van der Waals surface area contributed by atoms with Crippen LogP contribution in [0.3, 0.4) is 0 Å². The monoisotopic (exact) mass is 648 g/mol. The molecular formula is C37H46Na2O7. The van der Waals surface area contributed by atoms with Gasteiger partial charge >= 0.3 is 65.1 Å². The molecule has 0 bridgehead atoms. The molecule has 0 saturated heterocycles. The zero-order valence-electron chi connectivity index (χ0n) is 29.0. The van der Waals surface area contributed by atoms with Gasteiger partial charge in [-0.3, -0.25) is 4.79 Å². The van der Waals surface area contributed by atoms with Gasteiger partial charge in [0.1, 0.15) is 6.10 Å². The van der Waals surface area contributed by atoms with Crippen molar-refractivity contribution in [3.05, 3.63) is 47.0 Å². The van der Waals surface area contributed by atoms with E-state index in [1.807, 2.05) is 13.0 Å². The average molecular weight is 649 g/mol. The number of benzene rings is 1. The molecule has 0 heterocycles. The number of rotatable bonds is 4. The van der Waals surface area contributed by atoms with E-state index < -0.39 is 34.8 Å². The summed E-state index contributed by atoms with van der Waals surface area (Å²) in [5, 5.41) is 23.8. The van der Waals surface area contributed by atoms with Crippen LogP contribution in [0, 0.1) is 50.7 Å². The minimum absolute atomic E-state index is 0. The number of aliphatic carboxylic acids is 1. The van der Waals surface area contributed by atoms with Gasteiger partial charge in [0.15, 0.2) is 5.78 Å². The summed E-state index contributed by atoms with van der Waals surface area (Å²) in [6, 6.07) is 5.99. The Balaban J connectivity index is 0.00000240. The normalized spacial score (nSPS) is 40.6. The van der Waals surface area contributed by atoms with E-state index in [2.05, 4.69) is 34.6 Å². The molecule has 5 aliphatic rings. The molecule has 4 fully saturated rings. The number of fused-ring (bicyclic) bond motifs is 7. The molecule has 1 aromatic rings. The van der Waals surface area contributed by atoms with Gasteiger partial charge in [0.05, 0.1) is 11.5 Å². The zero-order chi connectivity index (χ0) is 32.0. The number of aromatic carboxylic acids is 1. The maximum atomic E-state index is 14.4. The van der Waals surface area contributed by atoms with Gasteiger partial charge in [-0.05, 0) is 104 Å². The van der Waals surface area contributed by atoms with Crippen molar-refractivity contribution in [2.24, 2.45) is 50.7 Å². The molecule has 7 nitrogen and oxygen atoms in total. The number of carboxylic acid groups (broad SMARTS) is 2. The first kappa shape index (κ1) is 37.9. The second-order valence-electron chi connectivity index (χ2n) is 16.5. The predicted octanol–water partition coefficient (Wildman–Crippen LogP) is -1.08. The van der Waals surface area contributed by atoms with Crippen LogP contribution < -0.4 is 69.3 Å². The van der Waals surface area contributed by atoms with Gasteiger partial charge in [0.2, 0.25) is 0 Å². The molecule has 0 aliphatic heterocycles. The Morgan fingerprint density at radius 3 is 2.04 bits per heavy atom. The fourth-order valence-electron chi connectivity index (χ4n) is 11.3. The van der Waals surface area contributed by atoms with Gasteiger partial charge in [0, 0.05) is 28.3 Å². The van der Waals surface area contributed by atoms with Crippen molar-refractivity contribution in [3.8, 4) is 0 Å². The smallest absolute Gasteiger partial charge is 0.550 e. The van der Waals surface area contributed by atoms with Crippen LogP contribution in [-0.2, 0) is 14.3 Å². The molecule has 46 heavy (non-hydrogen) atoms. The molecule has 0 spiro atoms. The molecule has 0 N–H and O–H groups in total. The molecule has 238 valence electrons. The largest absolute Gasteiger partial charge is 1.00 e. The van der Waals surface area contributed by atoms with Crippen molar-refractivity contribution >= 4 is 23.7 Å². The third-order valence-electron chi connectivity index (χ3n) is 13.8. The quantitative estimate of drug-likeness (QED) is 0.301. The fraction of sp³-hybridized carbons (Fsp3) is 0.676. The molecule has 9 heteroatoms. The second kappa shape index (κ2) is 12.7. The second-order valence-corrected chi connectivity index (χ2v) is 16.5. The number of hydrogen-bond acceptors (Lipinski definition) is 7. The minimum atomic E-state index is -1.41. The first-order valence-corrected chi connectivity index (χ1v) is 16.5. The number of ether oxygens (including phenoxy) is 1. The average Bonchev–Trinajstić information content (AvgIpc) is 2.94. The van der Waals surface area contributed by atoms with Gasteiger partial charge in [-0.15, -0.1) is 0 Å². The summed E-state index contributed by atoms with van der Waals surface area (Å²) in [6.45, 7) is 12.9. The summed E-state index contributed by atoms with van der Waals surface area (Å²) in [7, 11) is 0. The van der Waals surface area contributed by atoms with Crippen molar-refractivity contribution < 1.29 is 93.2 Å². The van der Waals surface area contributed by atoms with Gasteiger partial charge in [-0.25, -0.2) is 4.79 Å². The number of carbonyl (C=O) groups excluding carboxylic acids is 4. The summed E-state index contributed by atoms with van der Waals surface area (Å²) in [6.07, 6.45) is 8.65. The summed E-state index contributed by atoms with van der Waals surface area (Å²) in [5.41, 5.74) is -0.833. The number of allylic oxidation sites excluding steroid dienone is 2. The molecule has 6 unspecified atom stereocenters. The number of carbonyl (C=O) groups is 4. The van der Waals surface area contributed by atoms with E-state index in [4.69, 9.17) is 4.74 Å². The maximum absolute atomic E-state index is 14.4. The van der Waals surface area contributed by atoms with Gasteiger partial charge < -0.3 is 24.5 Å². The summed E-state index contributed by atoms with van der Waals surface area (Å²) < 4.78 is 6.08. The SMILES string of the molecule is CC1(C(=O)[O-])CCC2(C)CCC3C(=CC(=O)C4[C@@]3(C)CCC3C(C)(C)[C@@H](OC(=O)c5ccccc5C(=O)[O-])CC[C@@]34C)C2C1.[Na+].[Na+]. The molecule has 0 amide bonds. The molecule has 1 aromatic carbocycles. The van der Waals surface area contributed by atoms with Crippen LogP contribution in [-0.4, -0.2) is 29.8 Å². The van der Waals surface area contributed by atoms with Crippen LogP contribution in [0.2, 0.25) is 0 Å². The third-order valence-corrected chi connectivity index (χ3v) is 13.8. The Labute approximate surface area is 317 Å².